The van der Waals surface area contributed by atoms with Crippen LogP contribution in [-0.4, -0.2) is 53.1 Å². The Morgan fingerprint density at radius 1 is 1.32 bits per heavy atom. The van der Waals surface area contributed by atoms with Gasteiger partial charge in [0, 0.05) is 32.1 Å². The van der Waals surface area contributed by atoms with Gasteiger partial charge in [-0.2, -0.15) is 4.98 Å². The van der Waals surface area contributed by atoms with Crippen LogP contribution in [0.25, 0.3) is 0 Å². The van der Waals surface area contributed by atoms with Crippen LogP contribution >= 0.6 is 0 Å². The number of guanidine groups is 1. The van der Waals surface area contributed by atoms with Gasteiger partial charge in [0.15, 0.2) is 11.8 Å². The monoisotopic (exact) mass is 348 g/mol. The van der Waals surface area contributed by atoms with Gasteiger partial charge in [-0.05, 0) is 26.2 Å². The number of aliphatic imine (C=N–C) groups is 1. The van der Waals surface area contributed by atoms with Gasteiger partial charge < -0.3 is 20.1 Å². The number of hydrogen-bond acceptors (Lipinski definition) is 5. The molecule has 2 N–H and O–H groups in total. The zero-order valence-corrected chi connectivity index (χ0v) is 15.1. The summed E-state index contributed by atoms with van der Waals surface area (Å²) >= 11 is 0. The average Bonchev–Trinajstić information content (AvgIpc) is 3.27. The first-order valence-corrected chi connectivity index (χ1v) is 9.21. The molecule has 8 nitrogen and oxygen atoms in total. The molecule has 1 saturated carbocycles. The topological polar surface area (TPSA) is 95.7 Å². The number of nitrogens with one attached hydrogen (secondary N) is 2. The van der Waals surface area contributed by atoms with Crippen molar-refractivity contribution in [3.05, 3.63) is 11.7 Å². The summed E-state index contributed by atoms with van der Waals surface area (Å²) in [5, 5.41) is 10.3. The van der Waals surface area contributed by atoms with Gasteiger partial charge in [-0.15, -0.1) is 0 Å². The quantitative estimate of drug-likeness (QED) is 0.627. The normalized spacial score (nSPS) is 22.2. The van der Waals surface area contributed by atoms with Crippen LogP contribution in [0, 0.1) is 12.8 Å². The van der Waals surface area contributed by atoms with Crippen molar-refractivity contribution in [2.24, 2.45) is 10.9 Å². The highest BCUT2D eigenvalue weighted by Gasteiger charge is 2.31. The molecule has 0 bridgehead atoms. The van der Waals surface area contributed by atoms with Crippen LogP contribution in [0.4, 0.5) is 0 Å². The van der Waals surface area contributed by atoms with Crippen molar-refractivity contribution >= 4 is 11.9 Å². The van der Waals surface area contributed by atoms with E-state index >= 15 is 0 Å². The van der Waals surface area contributed by atoms with E-state index < -0.39 is 0 Å². The Balaban J connectivity index is 1.45. The van der Waals surface area contributed by atoms with Crippen LogP contribution in [0.15, 0.2) is 9.52 Å². The number of amides is 1. The molecule has 3 rings (SSSR count). The van der Waals surface area contributed by atoms with Gasteiger partial charge in [-0.25, -0.2) is 0 Å². The molecule has 1 aliphatic heterocycles. The molecule has 1 atom stereocenters. The molecule has 0 radical (unpaired) electrons. The molecule has 1 aromatic rings. The zero-order valence-electron chi connectivity index (χ0n) is 15.1. The first kappa shape index (κ1) is 17.7. The minimum Gasteiger partial charge on any atom is -0.352 e. The van der Waals surface area contributed by atoms with E-state index in [-0.39, 0.29) is 12.0 Å². The number of likely N-dealkylation sites (tertiary alicyclic amines) is 1. The minimum absolute atomic E-state index is 0.225. The number of aryl methyl sites for hydroxylation is 1. The van der Waals surface area contributed by atoms with E-state index in [4.69, 9.17) is 4.52 Å². The van der Waals surface area contributed by atoms with E-state index in [1.54, 1.807) is 14.0 Å². The van der Waals surface area contributed by atoms with E-state index in [2.05, 4.69) is 25.8 Å². The minimum atomic E-state index is 0.225. The molecule has 0 spiro atoms. The van der Waals surface area contributed by atoms with Gasteiger partial charge in [-0.3, -0.25) is 9.79 Å². The standard InChI is InChI=1S/C17H28N6O2/c1-12-20-15(25-22-12)10-19-17(18-2)21-14-8-9-23(11-14)16(24)13-6-4-3-5-7-13/h13-14H,3-11H2,1-2H3,(H2,18,19,21). The highest BCUT2D eigenvalue weighted by atomic mass is 16.5. The van der Waals surface area contributed by atoms with E-state index in [1.165, 1.54) is 19.3 Å². The first-order valence-electron chi connectivity index (χ1n) is 9.21. The molecule has 1 aliphatic carbocycles. The third kappa shape index (κ3) is 4.70. The average molecular weight is 348 g/mol. The molecule has 2 aliphatic rings. The van der Waals surface area contributed by atoms with Crippen LogP contribution in [0.5, 0.6) is 0 Å². The van der Waals surface area contributed by atoms with Gasteiger partial charge in [0.1, 0.15) is 0 Å². The second-order valence-corrected chi connectivity index (χ2v) is 6.91. The van der Waals surface area contributed by atoms with Gasteiger partial charge in [0.05, 0.1) is 6.54 Å². The second kappa shape index (κ2) is 8.31. The fraction of sp³-hybridized carbons (Fsp3) is 0.765. The summed E-state index contributed by atoms with van der Waals surface area (Å²) < 4.78 is 5.09. The van der Waals surface area contributed by atoms with Crippen molar-refractivity contribution in [1.29, 1.82) is 0 Å². The Morgan fingerprint density at radius 2 is 2.12 bits per heavy atom. The van der Waals surface area contributed by atoms with E-state index in [1.807, 2.05) is 4.90 Å². The molecular formula is C17H28N6O2. The summed E-state index contributed by atoms with van der Waals surface area (Å²) in [4.78, 5) is 23.0. The molecule has 2 heterocycles. The third-order valence-electron chi connectivity index (χ3n) is 5.00. The second-order valence-electron chi connectivity index (χ2n) is 6.91. The van der Waals surface area contributed by atoms with E-state index in [9.17, 15) is 4.79 Å². The third-order valence-corrected chi connectivity index (χ3v) is 5.00. The predicted molar refractivity (Wildman–Crippen MR) is 93.9 cm³/mol. The summed E-state index contributed by atoms with van der Waals surface area (Å²) in [6.45, 7) is 3.79. The Hall–Kier alpha value is -2.12. The summed E-state index contributed by atoms with van der Waals surface area (Å²) in [6, 6.07) is 0.225. The van der Waals surface area contributed by atoms with Gasteiger partial charge in [0.25, 0.3) is 0 Å². The fourth-order valence-corrected chi connectivity index (χ4v) is 3.65. The molecule has 8 heteroatoms. The molecule has 1 saturated heterocycles. The highest BCUT2D eigenvalue weighted by molar-refractivity contribution is 5.81. The number of rotatable bonds is 4. The summed E-state index contributed by atoms with van der Waals surface area (Å²) in [7, 11) is 1.73. The summed E-state index contributed by atoms with van der Waals surface area (Å²) in [5.74, 6) is 2.42. The molecule has 1 unspecified atom stereocenters. The maximum atomic E-state index is 12.6. The van der Waals surface area contributed by atoms with Gasteiger partial charge >= 0.3 is 0 Å². The number of nitrogens with zero attached hydrogens (tertiary/aromatic N) is 4. The fourth-order valence-electron chi connectivity index (χ4n) is 3.65. The van der Waals surface area contributed by atoms with Crippen LogP contribution in [0.3, 0.4) is 0 Å². The van der Waals surface area contributed by atoms with Crippen molar-refractivity contribution < 1.29 is 9.32 Å². The largest absolute Gasteiger partial charge is 0.352 e. The number of hydrogen-bond donors (Lipinski definition) is 2. The maximum Gasteiger partial charge on any atom is 0.246 e. The molecule has 0 aromatic carbocycles. The lowest BCUT2D eigenvalue weighted by molar-refractivity contribution is -0.135. The van der Waals surface area contributed by atoms with Crippen molar-refractivity contribution in [3.63, 3.8) is 0 Å². The molecule has 1 amide bonds. The molecule has 25 heavy (non-hydrogen) atoms. The molecular weight excluding hydrogens is 320 g/mol. The Bertz CT molecular complexity index is 608. The van der Waals surface area contributed by atoms with Gasteiger partial charge in [0.2, 0.25) is 11.8 Å². The number of carbonyl (C=O) groups is 1. The lowest BCUT2D eigenvalue weighted by Gasteiger charge is -2.26. The van der Waals surface area contributed by atoms with Crippen molar-refractivity contribution in [2.45, 2.75) is 58.0 Å². The predicted octanol–water partition coefficient (Wildman–Crippen LogP) is 1.22. The maximum absolute atomic E-state index is 12.6. The molecule has 1 aromatic heterocycles. The molecule has 138 valence electrons. The Morgan fingerprint density at radius 3 is 2.80 bits per heavy atom. The van der Waals surface area contributed by atoms with Crippen molar-refractivity contribution in [3.8, 4) is 0 Å². The molecule has 2 fully saturated rings. The Kier molecular flexibility index (Phi) is 5.88. The summed E-state index contributed by atoms with van der Waals surface area (Å²) in [6.07, 6.45) is 6.71. The lowest BCUT2D eigenvalue weighted by Crippen LogP contribution is -2.45. The van der Waals surface area contributed by atoms with Crippen molar-refractivity contribution in [1.82, 2.24) is 25.7 Å². The van der Waals surface area contributed by atoms with Crippen LogP contribution in [0.2, 0.25) is 0 Å². The van der Waals surface area contributed by atoms with Crippen LogP contribution in [-0.2, 0) is 11.3 Å². The number of carbonyl (C=O) groups excluding carboxylic acids is 1. The van der Waals surface area contributed by atoms with Gasteiger partial charge in [-0.1, -0.05) is 24.4 Å². The first-order chi connectivity index (χ1) is 12.2. The Labute approximate surface area is 148 Å². The van der Waals surface area contributed by atoms with E-state index in [0.29, 0.717) is 30.1 Å². The van der Waals surface area contributed by atoms with E-state index in [0.717, 1.165) is 32.4 Å². The van der Waals surface area contributed by atoms with Crippen LogP contribution in [0.1, 0.15) is 50.2 Å². The zero-order chi connectivity index (χ0) is 17.6. The van der Waals surface area contributed by atoms with Crippen LogP contribution < -0.4 is 10.6 Å². The SMILES string of the molecule is CN=C(NCc1nc(C)no1)NC1CCN(C(=O)C2CCCCC2)C1. The summed E-state index contributed by atoms with van der Waals surface area (Å²) in [5.41, 5.74) is 0. The highest BCUT2D eigenvalue weighted by Crippen LogP contribution is 2.26. The number of aromatic nitrogens is 2. The lowest BCUT2D eigenvalue weighted by atomic mass is 9.88. The van der Waals surface area contributed by atoms with Crippen molar-refractivity contribution in [2.75, 3.05) is 20.1 Å². The smallest absolute Gasteiger partial charge is 0.246 e.